The molecule has 2 saturated heterocycles. The quantitative estimate of drug-likeness (QED) is 0.845. The van der Waals surface area contributed by atoms with Gasteiger partial charge in [-0.15, -0.1) is 0 Å². The minimum Gasteiger partial charge on any atom is -0.299 e. The van der Waals surface area contributed by atoms with Crippen LogP contribution >= 0.6 is 0 Å². The average Bonchev–Trinajstić information content (AvgIpc) is 2.97. The van der Waals surface area contributed by atoms with Gasteiger partial charge < -0.3 is 0 Å². The highest BCUT2D eigenvalue weighted by molar-refractivity contribution is 5.31. The topological polar surface area (TPSA) is 30.3 Å². The van der Waals surface area contributed by atoms with Crippen molar-refractivity contribution >= 4 is 0 Å². The molecule has 1 atom stereocenters. The van der Waals surface area contributed by atoms with Gasteiger partial charge in [0, 0.05) is 25.7 Å². The van der Waals surface area contributed by atoms with E-state index in [9.17, 15) is 0 Å². The fourth-order valence-electron chi connectivity index (χ4n) is 3.48. The summed E-state index contributed by atoms with van der Waals surface area (Å²) in [6, 6.07) is 11.0. The standard InChI is InChI=1S/C17H23N3/c18-12-15-4-6-16(7-5-15)13-19-11-8-17(14-19)20-9-2-1-3-10-20/h4-7,17H,1-3,8-11,13-14H2. The molecule has 2 aliphatic rings. The number of hydrogen-bond acceptors (Lipinski definition) is 3. The van der Waals surface area contributed by atoms with Crippen LogP contribution in [0.2, 0.25) is 0 Å². The van der Waals surface area contributed by atoms with Crippen LogP contribution in [0.25, 0.3) is 0 Å². The van der Waals surface area contributed by atoms with Gasteiger partial charge in [0.2, 0.25) is 0 Å². The largest absolute Gasteiger partial charge is 0.299 e. The molecule has 1 unspecified atom stereocenters. The third-order valence-electron chi connectivity index (χ3n) is 4.64. The molecule has 0 radical (unpaired) electrons. The third-order valence-corrected chi connectivity index (χ3v) is 4.64. The first-order valence-corrected chi connectivity index (χ1v) is 7.80. The molecular formula is C17H23N3. The molecule has 2 heterocycles. The van der Waals surface area contributed by atoms with Crippen LogP contribution in [-0.4, -0.2) is 42.0 Å². The highest BCUT2D eigenvalue weighted by Crippen LogP contribution is 2.21. The molecule has 106 valence electrons. The monoisotopic (exact) mass is 269 g/mol. The van der Waals surface area contributed by atoms with Crippen LogP contribution in [0.5, 0.6) is 0 Å². The number of nitriles is 1. The Hall–Kier alpha value is -1.37. The molecule has 0 spiro atoms. The van der Waals surface area contributed by atoms with E-state index in [-0.39, 0.29) is 0 Å². The molecule has 0 aromatic heterocycles. The molecule has 3 heteroatoms. The summed E-state index contributed by atoms with van der Waals surface area (Å²) in [6.45, 7) is 6.04. The van der Waals surface area contributed by atoms with Crippen molar-refractivity contribution in [1.29, 1.82) is 5.26 Å². The Bertz CT molecular complexity index is 468. The Balaban J connectivity index is 1.53. The number of piperidine rings is 1. The van der Waals surface area contributed by atoms with Crippen LogP contribution < -0.4 is 0 Å². The third kappa shape index (κ3) is 3.20. The maximum atomic E-state index is 8.83. The van der Waals surface area contributed by atoms with E-state index in [1.165, 1.54) is 57.4 Å². The molecule has 20 heavy (non-hydrogen) atoms. The SMILES string of the molecule is N#Cc1ccc(CN2CCC(N3CCCCC3)C2)cc1. The smallest absolute Gasteiger partial charge is 0.0991 e. The van der Waals surface area contributed by atoms with E-state index in [2.05, 4.69) is 28.0 Å². The normalized spacial score (nSPS) is 24.6. The van der Waals surface area contributed by atoms with Crippen molar-refractivity contribution in [2.75, 3.05) is 26.2 Å². The summed E-state index contributed by atoms with van der Waals surface area (Å²) in [5.74, 6) is 0. The van der Waals surface area contributed by atoms with Crippen molar-refractivity contribution < 1.29 is 0 Å². The van der Waals surface area contributed by atoms with Crippen molar-refractivity contribution in [3.8, 4) is 6.07 Å². The van der Waals surface area contributed by atoms with Crippen LogP contribution in [0.3, 0.4) is 0 Å². The van der Waals surface area contributed by atoms with Gasteiger partial charge in [-0.25, -0.2) is 0 Å². The second-order valence-electron chi connectivity index (χ2n) is 6.08. The number of likely N-dealkylation sites (tertiary alicyclic amines) is 2. The van der Waals surface area contributed by atoms with Crippen LogP contribution in [0, 0.1) is 11.3 Å². The second kappa shape index (κ2) is 6.39. The average molecular weight is 269 g/mol. The van der Waals surface area contributed by atoms with E-state index in [1.807, 2.05) is 12.1 Å². The van der Waals surface area contributed by atoms with Crippen LogP contribution in [0.1, 0.15) is 36.8 Å². The molecular weight excluding hydrogens is 246 g/mol. The van der Waals surface area contributed by atoms with Gasteiger partial charge in [-0.3, -0.25) is 9.80 Å². The maximum absolute atomic E-state index is 8.83. The number of benzene rings is 1. The molecule has 3 nitrogen and oxygen atoms in total. The molecule has 2 aliphatic heterocycles. The van der Waals surface area contributed by atoms with Gasteiger partial charge in [-0.1, -0.05) is 18.6 Å². The lowest BCUT2D eigenvalue weighted by Crippen LogP contribution is -2.40. The van der Waals surface area contributed by atoms with Crippen LogP contribution in [-0.2, 0) is 6.54 Å². The summed E-state index contributed by atoms with van der Waals surface area (Å²) in [5.41, 5.74) is 2.07. The Morgan fingerprint density at radius 1 is 1.05 bits per heavy atom. The Kier molecular flexibility index (Phi) is 4.34. The van der Waals surface area contributed by atoms with Crippen molar-refractivity contribution in [3.05, 3.63) is 35.4 Å². The van der Waals surface area contributed by atoms with Gasteiger partial charge >= 0.3 is 0 Å². The van der Waals surface area contributed by atoms with E-state index >= 15 is 0 Å². The highest BCUT2D eigenvalue weighted by Gasteiger charge is 2.28. The van der Waals surface area contributed by atoms with Gasteiger partial charge in [0.25, 0.3) is 0 Å². The summed E-state index contributed by atoms with van der Waals surface area (Å²) in [6.07, 6.45) is 5.49. The predicted octanol–water partition coefficient (Wildman–Crippen LogP) is 2.62. The van der Waals surface area contributed by atoms with E-state index in [1.54, 1.807) is 0 Å². The van der Waals surface area contributed by atoms with Gasteiger partial charge in [0.15, 0.2) is 0 Å². The number of rotatable bonds is 3. The second-order valence-corrected chi connectivity index (χ2v) is 6.08. The van der Waals surface area contributed by atoms with E-state index in [0.29, 0.717) is 0 Å². The van der Waals surface area contributed by atoms with E-state index < -0.39 is 0 Å². The van der Waals surface area contributed by atoms with Gasteiger partial charge in [0.1, 0.15) is 0 Å². The van der Waals surface area contributed by atoms with Crippen molar-refractivity contribution in [3.63, 3.8) is 0 Å². The summed E-state index contributed by atoms with van der Waals surface area (Å²) in [4.78, 5) is 5.25. The lowest BCUT2D eigenvalue weighted by atomic mass is 10.1. The molecule has 0 saturated carbocycles. The minimum atomic E-state index is 0.751. The molecule has 1 aromatic rings. The first-order chi connectivity index (χ1) is 9.85. The minimum absolute atomic E-state index is 0.751. The molecule has 0 N–H and O–H groups in total. The van der Waals surface area contributed by atoms with Gasteiger partial charge in [0.05, 0.1) is 11.6 Å². The zero-order valence-electron chi connectivity index (χ0n) is 12.1. The molecule has 0 bridgehead atoms. The summed E-state index contributed by atoms with van der Waals surface area (Å²) < 4.78 is 0. The lowest BCUT2D eigenvalue weighted by molar-refractivity contribution is 0.161. The molecule has 1 aromatic carbocycles. The van der Waals surface area contributed by atoms with Crippen molar-refractivity contribution in [2.24, 2.45) is 0 Å². The first-order valence-electron chi connectivity index (χ1n) is 7.80. The summed E-state index contributed by atoms with van der Waals surface area (Å²) in [7, 11) is 0. The van der Waals surface area contributed by atoms with Crippen LogP contribution in [0.4, 0.5) is 0 Å². The maximum Gasteiger partial charge on any atom is 0.0991 e. The fraction of sp³-hybridized carbons (Fsp3) is 0.588. The molecule has 3 rings (SSSR count). The Morgan fingerprint density at radius 3 is 2.50 bits per heavy atom. The zero-order valence-corrected chi connectivity index (χ0v) is 12.1. The van der Waals surface area contributed by atoms with Crippen LogP contribution in [0.15, 0.2) is 24.3 Å². The summed E-state index contributed by atoms with van der Waals surface area (Å²) >= 11 is 0. The summed E-state index contributed by atoms with van der Waals surface area (Å²) in [5, 5.41) is 8.83. The molecule has 0 amide bonds. The number of hydrogen-bond donors (Lipinski definition) is 0. The van der Waals surface area contributed by atoms with E-state index in [4.69, 9.17) is 5.26 Å². The van der Waals surface area contributed by atoms with Gasteiger partial charge in [-0.05, 0) is 50.0 Å². The van der Waals surface area contributed by atoms with Crippen molar-refractivity contribution in [2.45, 2.75) is 38.3 Å². The zero-order chi connectivity index (χ0) is 13.8. The molecule has 0 aliphatic carbocycles. The predicted molar refractivity (Wildman–Crippen MR) is 80.3 cm³/mol. The molecule has 2 fully saturated rings. The van der Waals surface area contributed by atoms with E-state index in [0.717, 1.165) is 18.2 Å². The van der Waals surface area contributed by atoms with Gasteiger partial charge in [-0.2, -0.15) is 5.26 Å². The first kappa shape index (κ1) is 13.6. The Morgan fingerprint density at radius 2 is 1.80 bits per heavy atom. The number of nitrogens with zero attached hydrogens (tertiary/aromatic N) is 3. The lowest BCUT2D eigenvalue weighted by Gasteiger charge is -2.32. The van der Waals surface area contributed by atoms with Crippen molar-refractivity contribution in [1.82, 2.24) is 9.80 Å². The Labute approximate surface area is 121 Å². The highest BCUT2D eigenvalue weighted by atomic mass is 15.3. The fourth-order valence-corrected chi connectivity index (χ4v) is 3.48.